The van der Waals surface area contributed by atoms with Crippen molar-refractivity contribution in [3.8, 4) is 6.07 Å². The highest BCUT2D eigenvalue weighted by Crippen LogP contribution is 2.22. The fourth-order valence-electron chi connectivity index (χ4n) is 3.18. The molecule has 3 nitrogen and oxygen atoms in total. The molecule has 0 aromatic carbocycles. The molecule has 0 amide bonds. The Bertz CT molecular complexity index is 265. The Morgan fingerprint density at radius 2 is 2.00 bits per heavy atom. The number of nitrogens with zero attached hydrogens (tertiary/aromatic N) is 3. The maximum atomic E-state index is 8.74. The van der Waals surface area contributed by atoms with Gasteiger partial charge in [0.05, 0.1) is 12.5 Å². The Kier molecular flexibility index (Phi) is 4.82. The van der Waals surface area contributed by atoms with E-state index in [0.717, 1.165) is 5.92 Å². The molecule has 0 saturated carbocycles. The van der Waals surface area contributed by atoms with Crippen LogP contribution in [0.5, 0.6) is 0 Å². The second-order valence-electron chi connectivity index (χ2n) is 5.72. The molecule has 17 heavy (non-hydrogen) atoms. The lowest BCUT2D eigenvalue weighted by Gasteiger charge is -2.29. The molecule has 2 aliphatic rings. The molecule has 0 unspecified atom stereocenters. The zero-order chi connectivity index (χ0) is 12.1. The molecular formula is C14H25N3. The molecule has 0 aromatic rings. The van der Waals surface area contributed by atoms with Crippen LogP contribution in [0.3, 0.4) is 0 Å². The standard InChI is InChI=1S/C14H25N3/c1-13(5-7-15)17-10-6-14(12-17)11-16-8-3-2-4-9-16/h13-14H,2-6,8-12H2,1H3/t13-,14+/m0/s1. The fourth-order valence-corrected chi connectivity index (χ4v) is 3.18. The monoisotopic (exact) mass is 235 g/mol. The summed E-state index contributed by atoms with van der Waals surface area (Å²) in [5, 5.41) is 8.74. The van der Waals surface area contributed by atoms with Gasteiger partial charge in [-0.05, 0) is 51.7 Å². The van der Waals surface area contributed by atoms with Gasteiger partial charge < -0.3 is 4.90 Å². The smallest absolute Gasteiger partial charge is 0.0638 e. The summed E-state index contributed by atoms with van der Waals surface area (Å²) in [6.45, 7) is 8.50. The Morgan fingerprint density at radius 3 is 2.71 bits per heavy atom. The van der Waals surface area contributed by atoms with Gasteiger partial charge >= 0.3 is 0 Å². The summed E-state index contributed by atoms with van der Waals surface area (Å²) in [5.41, 5.74) is 0. The number of hydrogen-bond acceptors (Lipinski definition) is 3. The molecule has 2 heterocycles. The first-order chi connectivity index (χ1) is 8.29. The minimum Gasteiger partial charge on any atom is -0.303 e. The van der Waals surface area contributed by atoms with Gasteiger partial charge in [0.2, 0.25) is 0 Å². The highest BCUT2D eigenvalue weighted by molar-refractivity contribution is 4.86. The van der Waals surface area contributed by atoms with E-state index < -0.39 is 0 Å². The van der Waals surface area contributed by atoms with Crippen LogP contribution in [-0.2, 0) is 0 Å². The quantitative estimate of drug-likeness (QED) is 0.747. The first kappa shape index (κ1) is 12.9. The number of nitriles is 1. The second kappa shape index (κ2) is 6.37. The number of rotatable bonds is 4. The van der Waals surface area contributed by atoms with Gasteiger partial charge in [0.1, 0.15) is 0 Å². The van der Waals surface area contributed by atoms with Crippen LogP contribution in [0.15, 0.2) is 0 Å². The van der Waals surface area contributed by atoms with Crippen molar-refractivity contribution < 1.29 is 0 Å². The Hall–Kier alpha value is -0.590. The van der Waals surface area contributed by atoms with Crippen molar-refractivity contribution in [2.75, 3.05) is 32.7 Å². The molecule has 96 valence electrons. The third-order valence-electron chi connectivity index (χ3n) is 4.29. The van der Waals surface area contributed by atoms with Crippen molar-refractivity contribution in [3.05, 3.63) is 0 Å². The number of likely N-dealkylation sites (tertiary alicyclic amines) is 2. The van der Waals surface area contributed by atoms with E-state index in [-0.39, 0.29) is 0 Å². The fraction of sp³-hybridized carbons (Fsp3) is 0.929. The first-order valence-electron chi connectivity index (χ1n) is 7.13. The summed E-state index contributed by atoms with van der Waals surface area (Å²) in [4.78, 5) is 5.14. The van der Waals surface area contributed by atoms with Crippen LogP contribution in [0.4, 0.5) is 0 Å². The molecule has 0 aliphatic carbocycles. The third-order valence-corrected chi connectivity index (χ3v) is 4.29. The SMILES string of the molecule is C[C@@H](CC#N)N1CC[C@H](CN2CCCCC2)C1. The molecule has 2 rings (SSSR count). The van der Waals surface area contributed by atoms with Crippen molar-refractivity contribution in [1.29, 1.82) is 5.26 Å². The molecule has 0 aromatic heterocycles. The average molecular weight is 235 g/mol. The van der Waals surface area contributed by atoms with E-state index in [1.807, 2.05) is 0 Å². The third kappa shape index (κ3) is 3.69. The van der Waals surface area contributed by atoms with Crippen molar-refractivity contribution >= 4 is 0 Å². The topological polar surface area (TPSA) is 30.3 Å². The Balaban J connectivity index is 1.72. The molecule has 2 aliphatic heterocycles. The zero-order valence-electron chi connectivity index (χ0n) is 11.1. The first-order valence-corrected chi connectivity index (χ1v) is 7.13. The maximum Gasteiger partial charge on any atom is 0.0638 e. The summed E-state index contributed by atoms with van der Waals surface area (Å²) in [6, 6.07) is 2.74. The summed E-state index contributed by atoms with van der Waals surface area (Å²) in [5.74, 6) is 0.842. The lowest BCUT2D eigenvalue weighted by Crippen LogP contribution is -2.36. The minimum absolute atomic E-state index is 0.450. The van der Waals surface area contributed by atoms with Crippen molar-refractivity contribution in [3.63, 3.8) is 0 Å². The minimum atomic E-state index is 0.450. The molecule has 0 spiro atoms. The summed E-state index contributed by atoms with van der Waals surface area (Å²) in [6.07, 6.45) is 6.21. The summed E-state index contributed by atoms with van der Waals surface area (Å²) in [7, 11) is 0. The molecule has 0 bridgehead atoms. The van der Waals surface area contributed by atoms with Gasteiger partial charge in [0, 0.05) is 19.1 Å². The number of piperidine rings is 1. The van der Waals surface area contributed by atoms with Crippen molar-refractivity contribution in [1.82, 2.24) is 9.80 Å². The Morgan fingerprint density at radius 1 is 1.24 bits per heavy atom. The maximum absolute atomic E-state index is 8.74. The molecule has 2 atom stereocenters. The van der Waals surface area contributed by atoms with Crippen molar-refractivity contribution in [2.45, 2.75) is 45.1 Å². The van der Waals surface area contributed by atoms with Crippen LogP contribution in [0.1, 0.15) is 39.0 Å². The molecular weight excluding hydrogens is 210 g/mol. The normalized spacial score (nSPS) is 29.1. The van der Waals surface area contributed by atoms with E-state index in [0.29, 0.717) is 12.5 Å². The van der Waals surface area contributed by atoms with Gasteiger partial charge in [0.15, 0.2) is 0 Å². The second-order valence-corrected chi connectivity index (χ2v) is 5.72. The van der Waals surface area contributed by atoms with Crippen LogP contribution in [0.2, 0.25) is 0 Å². The van der Waals surface area contributed by atoms with Gasteiger partial charge in [-0.1, -0.05) is 6.42 Å². The van der Waals surface area contributed by atoms with Gasteiger partial charge in [0.25, 0.3) is 0 Å². The number of hydrogen-bond donors (Lipinski definition) is 0. The predicted molar refractivity (Wildman–Crippen MR) is 69.7 cm³/mol. The Labute approximate surface area is 105 Å². The van der Waals surface area contributed by atoms with Crippen LogP contribution in [0, 0.1) is 17.2 Å². The highest BCUT2D eigenvalue weighted by Gasteiger charge is 2.27. The predicted octanol–water partition coefficient (Wildman–Crippen LogP) is 2.10. The van der Waals surface area contributed by atoms with Gasteiger partial charge in [-0.15, -0.1) is 0 Å². The van der Waals surface area contributed by atoms with Gasteiger partial charge in [-0.2, -0.15) is 5.26 Å². The van der Waals surface area contributed by atoms with Gasteiger partial charge in [-0.25, -0.2) is 0 Å². The molecule has 0 radical (unpaired) electrons. The zero-order valence-corrected chi connectivity index (χ0v) is 11.1. The highest BCUT2D eigenvalue weighted by atomic mass is 15.2. The largest absolute Gasteiger partial charge is 0.303 e. The lowest BCUT2D eigenvalue weighted by atomic mass is 10.1. The average Bonchev–Trinajstić information content (AvgIpc) is 2.79. The van der Waals surface area contributed by atoms with Gasteiger partial charge in [-0.3, -0.25) is 4.90 Å². The molecule has 2 saturated heterocycles. The van der Waals surface area contributed by atoms with Crippen LogP contribution >= 0.6 is 0 Å². The molecule has 2 fully saturated rings. The van der Waals surface area contributed by atoms with Crippen LogP contribution < -0.4 is 0 Å². The summed E-state index contributed by atoms with van der Waals surface area (Å²) < 4.78 is 0. The van der Waals surface area contributed by atoms with Crippen molar-refractivity contribution in [2.24, 2.45) is 5.92 Å². The van der Waals surface area contributed by atoms with E-state index in [1.54, 1.807) is 0 Å². The van der Waals surface area contributed by atoms with E-state index in [2.05, 4.69) is 22.8 Å². The summed E-state index contributed by atoms with van der Waals surface area (Å²) >= 11 is 0. The molecule has 3 heteroatoms. The van der Waals surface area contributed by atoms with Crippen LogP contribution in [-0.4, -0.2) is 48.6 Å². The lowest BCUT2D eigenvalue weighted by molar-refractivity contribution is 0.186. The van der Waals surface area contributed by atoms with E-state index in [9.17, 15) is 0 Å². The van der Waals surface area contributed by atoms with Crippen LogP contribution in [0.25, 0.3) is 0 Å². The van der Waals surface area contributed by atoms with E-state index >= 15 is 0 Å². The van der Waals surface area contributed by atoms with E-state index in [1.165, 1.54) is 58.4 Å². The molecule has 0 N–H and O–H groups in total. The van der Waals surface area contributed by atoms with E-state index in [4.69, 9.17) is 5.26 Å².